The summed E-state index contributed by atoms with van der Waals surface area (Å²) in [6.45, 7) is 4.93. The molecule has 1 heterocycles. The van der Waals surface area contributed by atoms with E-state index in [1.54, 1.807) is 12.1 Å². The van der Waals surface area contributed by atoms with Gasteiger partial charge in [0.15, 0.2) is 11.5 Å². The summed E-state index contributed by atoms with van der Waals surface area (Å²) in [5.41, 5.74) is 3.11. The molecule has 5 nitrogen and oxygen atoms in total. The molecule has 2 aromatic rings. The molecule has 0 radical (unpaired) electrons. The first-order valence-electron chi connectivity index (χ1n) is 6.64. The second kappa shape index (κ2) is 5.86. The Labute approximate surface area is 119 Å². The van der Waals surface area contributed by atoms with E-state index in [0.29, 0.717) is 18.2 Å². The fourth-order valence-electron chi connectivity index (χ4n) is 2.17. The van der Waals surface area contributed by atoms with Gasteiger partial charge in [-0.3, -0.25) is 4.68 Å². The lowest BCUT2D eigenvalue weighted by Crippen LogP contribution is -2.02. The van der Waals surface area contributed by atoms with Gasteiger partial charge in [0.25, 0.3) is 0 Å². The number of aryl methyl sites for hydroxylation is 1. The second-order valence-electron chi connectivity index (χ2n) is 5.11. The van der Waals surface area contributed by atoms with Crippen LogP contribution >= 0.6 is 0 Å². The van der Waals surface area contributed by atoms with Crippen LogP contribution in [-0.2, 0) is 13.6 Å². The lowest BCUT2D eigenvalue weighted by atomic mass is 10.1. The number of anilines is 1. The molecule has 2 rings (SSSR count). The fourth-order valence-corrected chi connectivity index (χ4v) is 2.17. The molecule has 0 amide bonds. The van der Waals surface area contributed by atoms with E-state index in [4.69, 9.17) is 4.74 Å². The fraction of sp³-hybridized carbons (Fsp3) is 0.400. The number of phenols is 1. The lowest BCUT2D eigenvalue weighted by Gasteiger charge is -2.10. The lowest BCUT2D eigenvalue weighted by molar-refractivity contribution is 0.373. The van der Waals surface area contributed by atoms with Crippen molar-refractivity contribution < 1.29 is 9.84 Å². The third-order valence-electron chi connectivity index (χ3n) is 3.15. The maximum absolute atomic E-state index is 9.75. The predicted molar refractivity (Wildman–Crippen MR) is 79.3 cm³/mol. The van der Waals surface area contributed by atoms with Crippen molar-refractivity contribution in [2.75, 3.05) is 12.4 Å². The molecule has 1 aromatic carbocycles. The summed E-state index contributed by atoms with van der Waals surface area (Å²) in [4.78, 5) is 0. The van der Waals surface area contributed by atoms with Crippen molar-refractivity contribution in [3.8, 4) is 11.5 Å². The van der Waals surface area contributed by atoms with E-state index >= 15 is 0 Å². The minimum Gasteiger partial charge on any atom is -0.504 e. The van der Waals surface area contributed by atoms with E-state index in [1.165, 1.54) is 7.11 Å². The first kappa shape index (κ1) is 14.2. The van der Waals surface area contributed by atoms with Crippen LogP contribution in [0.2, 0.25) is 0 Å². The van der Waals surface area contributed by atoms with Crippen molar-refractivity contribution in [3.05, 3.63) is 35.7 Å². The monoisotopic (exact) mass is 275 g/mol. The molecule has 2 N–H and O–H groups in total. The third kappa shape index (κ3) is 3.04. The van der Waals surface area contributed by atoms with Crippen molar-refractivity contribution in [3.63, 3.8) is 0 Å². The molecule has 0 saturated heterocycles. The zero-order chi connectivity index (χ0) is 14.7. The van der Waals surface area contributed by atoms with E-state index in [0.717, 1.165) is 16.9 Å². The van der Waals surface area contributed by atoms with Gasteiger partial charge in [0.05, 0.1) is 12.8 Å². The molecule has 0 spiro atoms. The largest absolute Gasteiger partial charge is 0.504 e. The zero-order valence-corrected chi connectivity index (χ0v) is 12.3. The van der Waals surface area contributed by atoms with Crippen molar-refractivity contribution in [1.82, 2.24) is 9.78 Å². The Balaban J connectivity index is 2.11. The van der Waals surface area contributed by atoms with Gasteiger partial charge in [0.1, 0.15) is 0 Å². The SMILES string of the molecule is COc1ccc(NCc2cn(C)nc2C(C)C)cc1O. The van der Waals surface area contributed by atoms with Crippen LogP contribution in [0, 0.1) is 0 Å². The summed E-state index contributed by atoms with van der Waals surface area (Å²) >= 11 is 0. The predicted octanol–water partition coefficient (Wildman–Crippen LogP) is 2.87. The molecule has 0 atom stereocenters. The summed E-state index contributed by atoms with van der Waals surface area (Å²) in [6, 6.07) is 5.28. The van der Waals surface area contributed by atoms with E-state index in [9.17, 15) is 5.11 Å². The number of benzene rings is 1. The minimum absolute atomic E-state index is 0.132. The number of nitrogens with one attached hydrogen (secondary N) is 1. The summed E-state index contributed by atoms with van der Waals surface area (Å²) in [6.07, 6.45) is 2.02. The van der Waals surface area contributed by atoms with Crippen LogP contribution in [-0.4, -0.2) is 22.0 Å². The van der Waals surface area contributed by atoms with Crippen LogP contribution in [0.25, 0.3) is 0 Å². The highest BCUT2D eigenvalue weighted by atomic mass is 16.5. The molecule has 1 aromatic heterocycles. The Morgan fingerprint density at radius 1 is 1.40 bits per heavy atom. The van der Waals surface area contributed by atoms with Crippen LogP contribution in [0.5, 0.6) is 11.5 Å². The number of hydrogen-bond acceptors (Lipinski definition) is 4. The number of nitrogens with zero attached hydrogens (tertiary/aromatic N) is 2. The van der Waals surface area contributed by atoms with Crippen LogP contribution in [0.15, 0.2) is 24.4 Å². The quantitative estimate of drug-likeness (QED) is 0.881. The maximum atomic E-state index is 9.75. The molecular formula is C15H21N3O2. The van der Waals surface area contributed by atoms with E-state index in [1.807, 2.05) is 24.0 Å². The highest BCUT2D eigenvalue weighted by molar-refractivity contribution is 5.54. The van der Waals surface area contributed by atoms with Gasteiger partial charge in [0.2, 0.25) is 0 Å². The first-order chi connectivity index (χ1) is 9.51. The standard InChI is InChI=1S/C15H21N3O2/c1-10(2)15-11(9-18(3)17-15)8-16-12-5-6-14(20-4)13(19)7-12/h5-7,9-10,16,19H,8H2,1-4H3. The minimum atomic E-state index is 0.132. The molecule has 5 heteroatoms. The Morgan fingerprint density at radius 3 is 2.75 bits per heavy atom. The Bertz CT molecular complexity index is 591. The summed E-state index contributed by atoms with van der Waals surface area (Å²) in [5.74, 6) is 0.991. The Kier molecular flexibility index (Phi) is 4.17. The topological polar surface area (TPSA) is 59.3 Å². The number of aromatic nitrogens is 2. The molecule has 0 unspecified atom stereocenters. The van der Waals surface area contributed by atoms with Gasteiger partial charge >= 0.3 is 0 Å². The van der Waals surface area contributed by atoms with Gasteiger partial charge in [0, 0.05) is 37.1 Å². The smallest absolute Gasteiger partial charge is 0.160 e. The van der Waals surface area contributed by atoms with Gasteiger partial charge in [-0.1, -0.05) is 13.8 Å². The summed E-state index contributed by atoms with van der Waals surface area (Å²) < 4.78 is 6.86. The maximum Gasteiger partial charge on any atom is 0.160 e. The highest BCUT2D eigenvalue weighted by Crippen LogP contribution is 2.29. The Morgan fingerprint density at radius 2 is 2.15 bits per heavy atom. The van der Waals surface area contributed by atoms with Gasteiger partial charge in [-0.15, -0.1) is 0 Å². The zero-order valence-electron chi connectivity index (χ0n) is 12.3. The molecule has 0 aliphatic rings. The van der Waals surface area contributed by atoms with Gasteiger partial charge in [-0.2, -0.15) is 5.10 Å². The average molecular weight is 275 g/mol. The van der Waals surface area contributed by atoms with Crippen molar-refractivity contribution >= 4 is 5.69 Å². The molecule has 0 bridgehead atoms. The number of rotatable bonds is 5. The number of hydrogen-bond donors (Lipinski definition) is 2. The Hall–Kier alpha value is -2.17. The second-order valence-corrected chi connectivity index (χ2v) is 5.11. The average Bonchev–Trinajstić information content (AvgIpc) is 2.78. The van der Waals surface area contributed by atoms with Crippen molar-refractivity contribution in [2.45, 2.75) is 26.3 Å². The number of aromatic hydroxyl groups is 1. The molecule has 0 fully saturated rings. The van der Waals surface area contributed by atoms with E-state index < -0.39 is 0 Å². The first-order valence-corrected chi connectivity index (χ1v) is 6.64. The van der Waals surface area contributed by atoms with Crippen LogP contribution in [0.3, 0.4) is 0 Å². The summed E-state index contributed by atoms with van der Waals surface area (Å²) in [7, 11) is 3.46. The van der Waals surface area contributed by atoms with Crippen molar-refractivity contribution in [2.24, 2.45) is 7.05 Å². The molecule has 20 heavy (non-hydrogen) atoms. The highest BCUT2D eigenvalue weighted by Gasteiger charge is 2.11. The molecular weight excluding hydrogens is 254 g/mol. The number of methoxy groups -OCH3 is 1. The van der Waals surface area contributed by atoms with E-state index in [-0.39, 0.29) is 5.75 Å². The van der Waals surface area contributed by atoms with E-state index in [2.05, 4.69) is 24.3 Å². The third-order valence-corrected chi connectivity index (χ3v) is 3.15. The number of phenolic OH excluding ortho intramolecular Hbond substituents is 1. The van der Waals surface area contributed by atoms with Crippen LogP contribution in [0.1, 0.15) is 31.0 Å². The molecule has 0 saturated carbocycles. The normalized spacial score (nSPS) is 10.8. The van der Waals surface area contributed by atoms with Gasteiger partial charge in [-0.25, -0.2) is 0 Å². The summed E-state index contributed by atoms with van der Waals surface area (Å²) in [5, 5.41) is 17.5. The van der Waals surface area contributed by atoms with Crippen LogP contribution in [0.4, 0.5) is 5.69 Å². The number of ether oxygens (including phenoxy) is 1. The molecule has 0 aliphatic carbocycles. The molecule has 0 aliphatic heterocycles. The van der Waals surface area contributed by atoms with Crippen molar-refractivity contribution in [1.29, 1.82) is 0 Å². The van der Waals surface area contributed by atoms with Gasteiger partial charge < -0.3 is 15.2 Å². The molecule has 108 valence electrons. The van der Waals surface area contributed by atoms with Crippen LogP contribution < -0.4 is 10.1 Å². The van der Waals surface area contributed by atoms with Gasteiger partial charge in [-0.05, 0) is 18.1 Å².